The molecule has 3 aromatic rings. The van der Waals surface area contributed by atoms with Crippen LogP contribution in [0.1, 0.15) is 16.7 Å². The fourth-order valence-corrected chi connectivity index (χ4v) is 4.32. The smallest absolute Gasteiger partial charge is 0.120 e. The lowest BCUT2D eigenvalue weighted by atomic mass is 10.00. The maximum absolute atomic E-state index is 10.5. The highest BCUT2D eigenvalue weighted by Gasteiger charge is 2.18. The molecule has 1 N–H and O–H groups in total. The van der Waals surface area contributed by atoms with Gasteiger partial charge < -0.3 is 9.84 Å². The Kier molecular flexibility index (Phi) is 5.35. The largest absolute Gasteiger partial charge is 0.491 e. The molecule has 4 heteroatoms. The Bertz CT molecular complexity index is 1080. The molecule has 2 aliphatic rings. The van der Waals surface area contributed by atoms with E-state index in [-0.39, 0.29) is 0 Å². The van der Waals surface area contributed by atoms with Gasteiger partial charge in [0.1, 0.15) is 18.5 Å². The molecule has 0 saturated carbocycles. The van der Waals surface area contributed by atoms with Crippen molar-refractivity contribution < 1.29 is 9.84 Å². The first kappa shape index (κ1) is 19.0. The molecule has 5 rings (SSSR count). The van der Waals surface area contributed by atoms with Gasteiger partial charge in [-0.3, -0.25) is 9.89 Å². The molecule has 1 unspecified atom stereocenters. The molecule has 1 atom stereocenters. The number of aliphatic hydroxyl groups excluding tert-OH is 1. The standard InChI is InChI=1S/C26H26N2O2/c29-24(17-28-13-11-19-4-1-2-5-23(19)16-28)18-30-25-7-3-6-20(15-25)21-8-9-26-22(14-21)10-12-27-26/h1-9,12,14-15,24,29H,10-11,13,16-18H2. The van der Waals surface area contributed by atoms with Gasteiger partial charge >= 0.3 is 0 Å². The van der Waals surface area contributed by atoms with Gasteiger partial charge in [0, 0.05) is 32.3 Å². The average molecular weight is 399 g/mol. The van der Waals surface area contributed by atoms with Crippen LogP contribution in [0.25, 0.3) is 11.1 Å². The molecule has 30 heavy (non-hydrogen) atoms. The summed E-state index contributed by atoms with van der Waals surface area (Å²) in [5, 5.41) is 10.5. The van der Waals surface area contributed by atoms with Crippen LogP contribution in [0.3, 0.4) is 0 Å². The van der Waals surface area contributed by atoms with Crippen molar-refractivity contribution in [2.75, 3.05) is 19.7 Å². The first-order chi connectivity index (χ1) is 14.7. The predicted molar refractivity (Wildman–Crippen MR) is 121 cm³/mol. The van der Waals surface area contributed by atoms with Crippen LogP contribution in [0, 0.1) is 0 Å². The van der Waals surface area contributed by atoms with E-state index in [1.165, 1.54) is 16.7 Å². The Balaban J connectivity index is 1.18. The highest BCUT2D eigenvalue weighted by atomic mass is 16.5. The number of rotatable bonds is 6. The van der Waals surface area contributed by atoms with Gasteiger partial charge in [-0.25, -0.2) is 0 Å². The van der Waals surface area contributed by atoms with E-state index in [0.29, 0.717) is 13.2 Å². The number of hydrogen-bond donors (Lipinski definition) is 1. The third-order valence-electron chi connectivity index (χ3n) is 5.91. The van der Waals surface area contributed by atoms with E-state index in [9.17, 15) is 5.11 Å². The van der Waals surface area contributed by atoms with Gasteiger partial charge in [0.25, 0.3) is 0 Å². The van der Waals surface area contributed by atoms with Gasteiger partial charge in [-0.05, 0) is 58.5 Å². The van der Waals surface area contributed by atoms with Gasteiger partial charge in [0.05, 0.1) is 5.69 Å². The van der Waals surface area contributed by atoms with Crippen LogP contribution in [-0.4, -0.2) is 42.0 Å². The minimum absolute atomic E-state index is 0.291. The number of nitrogens with zero attached hydrogens (tertiary/aromatic N) is 2. The number of aliphatic imine (C=N–C) groups is 1. The fraction of sp³-hybridized carbons (Fsp3) is 0.269. The van der Waals surface area contributed by atoms with E-state index in [1.54, 1.807) is 0 Å². The summed E-state index contributed by atoms with van der Waals surface area (Å²) < 4.78 is 5.93. The normalized spacial score (nSPS) is 16.2. The molecule has 0 spiro atoms. The predicted octanol–water partition coefficient (Wildman–Crippen LogP) is 4.41. The Morgan fingerprint density at radius 3 is 2.73 bits per heavy atom. The molecule has 4 nitrogen and oxygen atoms in total. The molecule has 2 heterocycles. The number of fused-ring (bicyclic) bond motifs is 2. The number of β-amino-alcohol motifs (C(OH)–C–C–N with tert-alkyl or cyclic N) is 1. The summed E-state index contributed by atoms with van der Waals surface area (Å²) in [5.74, 6) is 0.785. The van der Waals surface area contributed by atoms with E-state index < -0.39 is 6.10 Å². The minimum atomic E-state index is -0.518. The van der Waals surface area contributed by atoms with Crippen LogP contribution < -0.4 is 4.74 Å². The second-order valence-corrected chi connectivity index (χ2v) is 8.11. The molecular formula is C26H26N2O2. The monoisotopic (exact) mass is 398 g/mol. The highest BCUT2D eigenvalue weighted by Crippen LogP contribution is 2.31. The molecule has 0 amide bonds. The first-order valence-corrected chi connectivity index (χ1v) is 10.6. The molecule has 2 aliphatic heterocycles. The van der Waals surface area contributed by atoms with Crippen molar-refractivity contribution in [1.29, 1.82) is 0 Å². The maximum Gasteiger partial charge on any atom is 0.120 e. The maximum atomic E-state index is 10.5. The molecule has 0 fully saturated rings. The topological polar surface area (TPSA) is 45.1 Å². The van der Waals surface area contributed by atoms with Crippen LogP contribution in [-0.2, 0) is 19.4 Å². The first-order valence-electron chi connectivity index (χ1n) is 10.6. The molecule has 3 aromatic carbocycles. The van der Waals surface area contributed by atoms with E-state index >= 15 is 0 Å². The summed E-state index contributed by atoms with van der Waals surface area (Å²) in [6.07, 6.45) is 3.37. The summed E-state index contributed by atoms with van der Waals surface area (Å²) in [6, 6.07) is 23.0. The van der Waals surface area contributed by atoms with Crippen molar-refractivity contribution in [3.05, 3.63) is 83.4 Å². The number of hydrogen-bond acceptors (Lipinski definition) is 4. The zero-order valence-corrected chi connectivity index (χ0v) is 17.0. The van der Waals surface area contributed by atoms with Crippen LogP contribution >= 0.6 is 0 Å². The van der Waals surface area contributed by atoms with Crippen molar-refractivity contribution in [1.82, 2.24) is 4.90 Å². The molecule has 0 aliphatic carbocycles. The number of benzene rings is 3. The van der Waals surface area contributed by atoms with E-state index in [4.69, 9.17) is 4.74 Å². The highest BCUT2D eigenvalue weighted by molar-refractivity contribution is 5.79. The summed E-state index contributed by atoms with van der Waals surface area (Å²) >= 11 is 0. The molecule has 0 bridgehead atoms. The second kappa shape index (κ2) is 8.42. The van der Waals surface area contributed by atoms with Crippen molar-refractivity contribution in [2.24, 2.45) is 4.99 Å². The van der Waals surface area contributed by atoms with Crippen LogP contribution in [0.15, 0.2) is 71.7 Å². The van der Waals surface area contributed by atoms with E-state index in [0.717, 1.165) is 48.5 Å². The summed E-state index contributed by atoms with van der Waals surface area (Å²) in [7, 11) is 0. The Morgan fingerprint density at radius 1 is 0.933 bits per heavy atom. The Hall–Kier alpha value is -2.95. The quantitative estimate of drug-likeness (QED) is 0.669. The van der Waals surface area contributed by atoms with Gasteiger partial charge in [-0.15, -0.1) is 0 Å². The molecule has 0 saturated heterocycles. The zero-order chi connectivity index (χ0) is 20.3. The number of ether oxygens (including phenoxy) is 1. The lowest BCUT2D eigenvalue weighted by molar-refractivity contribution is 0.0638. The molecule has 0 aromatic heterocycles. The number of aliphatic hydroxyl groups is 1. The summed E-state index contributed by atoms with van der Waals surface area (Å²) in [6.45, 7) is 2.79. The lowest BCUT2D eigenvalue weighted by Gasteiger charge is -2.30. The third kappa shape index (κ3) is 4.16. The van der Waals surface area contributed by atoms with Gasteiger partial charge in [0.15, 0.2) is 0 Å². The molecular weight excluding hydrogens is 372 g/mol. The van der Waals surface area contributed by atoms with E-state index in [1.807, 2.05) is 24.4 Å². The lowest BCUT2D eigenvalue weighted by Crippen LogP contribution is -2.38. The van der Waals surface area contributed by atoms with Crippen molar-refractivity contribution in [3.8, 4) is 16.9 Å². The summed E-state index contributed by atoms with van der Waals surface area (Å²) in [4.78, 5) is 6.68. The second-order valence-electron chi connectivity index (χ2n) is 8.11. The Morgan fingerprint density at radius 2 is 1.80 bits per heavy atom. The molecule has 152 valence electrons. The van der Waals surface area contributed by atoms with Gasteiger partial charge in [-0.2, -0.15) is 0 Å². The zero-order valence-electron chi connectivity index (χ0n) is 17.0. The Labute approximate surface area is 177 Å². The SMILES string of the molecule is OC(COc1cccc(-c2ccc3c(c2)CC=N3)c1)CN1CCc2ccccc2C1. The van der Waals surface area contributed by atoms with Crippen molar-refractivity contribution >= 4 is 11.9 Å². The molecule has 0 radical (unpaired) electrons. The van der Waals surface area contributed by atoms with Gasteiger partial charge in [0.2, 0.25) is 0 Å². The van der Waals surface area contributed by atoms with E-state index in [2.05, 4.69) is 58.4 Å². The minimum Gasteiger partial charge on any atom is -0.491 e. The van der Waals surface area contributed by atoms with Gasteiger partial charge in [-0.1, -0.05) is 42.5 Å². The average Bonchev–Trinajstić information content (AvgIpc) is 3.26. The van der Waals surface area contributed by atoms with Crippen LogP contribution in [0.5, 0.6) is 5.75 Å². The van der Waals surface area contributed by atoms with Crippen molar-refractivity contribution in [2.45, 2.75) is 25.5 Å². The third-order valence-corrected chi connectivity index (χ3v) is 5.91. The van der Waals surface area contributed by atoms with Crippen molar-refractivity contribution in [3.63, 3.8) is 0 Å². The summed E-state index contributed by atoms with van der Waals surface area (Å²) in [5.41, 5.74) is 7.40. The van der Waals surface area contributed by atoms with Crippen LogP contribution in [0.2, 0.25) is 0 Å². The van der Waals surface area contributed by atoms with Crippen LogP contribution in [0.4, 0.5) is 5.69 Å². The fourth-order valence-electron chi connectivity index (χ4n) is 4.32.